The zero-order valence-corrected chi connectivity index (χ0v) is 10.5. The summed E-state index contributed by atoms with van der Waals surface area (Å²) in [6.45, 7) is 0. The lowest BCUT2D eigenvalue weighted by Gasteiger charge is -2.17. The second-order valence-electron chi connectivity index (χ2n) is 3.85. The predicted octanol–water partition coefficient (Wildman–Crippen LogP) is 3.53. The molecule has 0 fully saturated rings. The van der Waals surface area contributed by atoms with Crippen LogP contribution in [0.1, 0.15) is 0 Å². The molecular weight excluding hydrogens is 240 g/mol. The second kappa shape index (κ2) is 6.30. The van der Waals surface area contributed by atoms with Gasteiger partial charge in [0.2, 0.25) is 0 Å². The number of hydrogen-bond donors (Lipinski definition) is 1. The van der Waals surface area contributed by atoms with Crippen molar-refractivity contribution in [1.29, 1.82) is 0 Å². The lowest BCUT2D eigenvalue weighted by atomic mass is 10.3. The van der Waals surface area contributed by atoms with Crippen LogP contribution in [0, 0.1) is 0 Å². The highest BCUT2D eigenvalue weighted by atomic mass is 16.2. The summed E-state index contributed by atoms with van der Waals surface area (Å²) in [6, 6.07) is 18.0. The van der Waals surface area contributed by atoms with Gasteiger partial charge in [0, 0.05) is 7.05 Å². The molecule has 5 nitrogen and oxygen atoms in total. The van der Waals surface area contributed by atoms with Gasteiger partial charge in [0.1, 0.15) is 0 Å². The Kier molecular flexibility index (Phi) is 4.23. The number of anilines is 1. The van der Waals surface area contributed by atoms with Gasteiger partial charge < -0.3 is 0 Å². The highest BCUT2D eigenvalue weighted by molar-refractivity contribution is 5.76. The smallest absolute Gasteiger partial charge is 0.287 e. The number of carbonyl (C=O) groups is 1. The van der Waals surface area contributed by atoms with E-state index in [9.17, 15) is 4.79 Å². The van der Waals surface area contributed by atoms with Gasteiger partial charge in [-0.15, -0.1) is 5.11 Å². The van der Waals surface area contributed by atoms with E-state index in [4.69, 9.17) is 0 Å². The molecule has 5 heteroatoms. The van der Waals surface area contributed by atoms with Crippen LogP contribution in [0.2, 0.25) is 0 Å². The monoisotopic (exact) mass is 254 g/mol. The molecule has 0 atom stereocenters. The lowest BCUT2D eigenvalue weighted by molar-refractivity contribution is 0.247. The molecule has 0 aliphatic carbocycles. The van der Waals surface area contributed by atoms with Crippen LogP contribution in [-0.4, -0.2) is 13.1 Å². The molecule has 0 radical (unpaired) electrons. The molecule has 0 bridgehead atoms. The molecule has 0 unspecified atom stereocenters. The second-order valence-corrected chi connectivity index (χ2v) is 3.85. The minimum atomic E-state index is -0.518. The van der Waals surface area contributed by atoms with Crippen molar-refractivity contribution >= 4 is 17.4 Å². The summed E-state index contributed by atoms with van der Waals surface area (Å²) >= 11 is 0. The van der Waals surface area contributed by atoms with Gasteiger partial charge in [-0.1, -0.05) is 41.5 Å². The van der Waals surface area contributed by atoms with Crippen molar-refractivity contribution in [2.75, 3.05) is 12.1 Å². The maximum absolute atomic E-state index is 11.6. The van der Waals surface area contributed by atoms with Crippen LogP contribution in [0.25, 0.3) is 0 Å². The molecule has 0 saturated heterocycles. The van der Waals surface area contributed by atoms with Crippen LogP contribution < -0.4 is 10.4 Å². The van der Waals surface area contributed by atoms with Gasteiger partial charge in [-0.2, -0.15) is 0 Å². The average Bonchev–Trinajstić information content (AvgIpc) is 2.47. The third kappa shape index (κ3) is 3.92. The molecule has 96 valence electrons. The summed E-state index contributed by atoms with van der Waals surface area (Å²) in [4.78, 5) is 11.6. The van der Waals surface area contributed by atoms with Crippen molar-refractivity contribution in [2.24, 2.45) is 10.2 Å². The minimum Gasteiger partial charge on any atom is -0.287 e. The quantitative estimate of drug-likeness (QED) is 0.672. The normalized spacial score (nSPS) is 10.4. The highest BCUT2D eigenvalue weighted by Crippen LogP contribution is 2.11. The molecule has 0 aliphatic heterocycles. The fourth-order valence-corrected chi connectivity index (χ4v) is 1.48. The van der Waals surface area contributed by atoms with Crippen molar-refractivity contribution < 1.29 is 4.79 Å². The van der Waals surface area contributed by atoms with E-state index in [0.29, 0.717) is 5.69 Å². The summed E-state index contributed by atoms with van der Waals surface area (Å²) in [6.07, 6.45) is 0. The molecule has 1 N–H and O–H groups in total. The Labute approximate surface area is 111 Å². The summed E-state index contributed by atoms with van der Waals surface area (Å²) in [5.74, 6) is 0. The van der Waals surface area contributed by atoms with Crippen molar-refractivity contribution in [3.05, 3.63) is 60.7 Å². The number of urea groups is 1. The van der Waals surface area contributed by atoms with Crippen molar-refractivity contribution in [3.8, 4) is 0 Å². The Morgan fingerprint density at radius 2 is 1.58 bits per heavy atom. The van der Waals surface area contributed by atoms with Crippen molar-refractivity contribution in [2.45, 2.75) is 0 Å². The number of hydrogen-bond acceptors (Lipinski definition) is 3. The van der Waals surface area contributed by atoms with E-state index in [1.54, 1.807) is 24.2 Å². The molecule has 2 amide bonds. The van der Waals surface area contributed by atoms with Gasteiger partial charge in [0.05, 0.1) is 11.4 Å². The van der Waals surface area contributed by atoms with Crippen LogP contribution in [0.3, 0.4) is 0 Å². The Morgan fingerprint density at radius 1 is 1.00 bits per heavy atom. The average molecular weight is 254 g/mol. The summed E-state index contributed by atoms with van der Waals surface area (Å²) in [5, 5.41) is 9.02. The molecule has 0 spiro atoms. The Hall–Kier alpha value is -2.69. The lowest BCUT2D eigenvalue weighted by Crippen LogP contribution is -2.37. The van der Waals surface area contributed by atoms with Gasteiger partial charge >= 0.3 is 6.03 Å². The van der Waals surface area contributed by atoms with E-state index < -0.39 is 6.03 Å². The first-order chi connectivity index (χ1) is 9.25. The number of nitrogens with zero attached hydrogens (tertiary/aromatic N) is 3. The third-order valence-electron chi connectivity index (χ3n) is 2.42. The van der Waals surface area contributed by atoms with Crippen molar-refractivity contribution in [3.63, 3.8) is 0 Å². The number of para-hydroxylation sites is 1. The SMILES string of the molecule is CN(NC(=O)N=Nc1ccccc1)c1ccccc1. The van der Waals surface area contributed by atoms with E-state index in [1.807, 2.05) is 48.5 Å². The Morgan fingerprint density at radius 3 is 2.21 bits per heavy atom. The molecule has 0 aliphatic rings. The largest absolute Gasteiger partial charge is 0.378 e. The number of benzene rings is 2. The Balaban J connectivity index is 1.93. The molecule has 2 aromatic carbocycles. The maximum Gasteiger partial charge on any atom is 0.378 e. The number of azo groups is 1. The van der Waals surface area contributed by atoms with Crippen LogP contribution in [0.4, 0.5) is 16.2 Å². The molecule has 0 aromatic heterocycles. The standard InChI is InChI=1S/C14H14N4O/c1-18(13-10-6-3-7-11-13)17-14(19)16-15-12-8-4-2-5-9-12/h2-11H,1H3,(H,17,19). The first kappa shape index (κ1) is 12.8. The van der Waals surface area contributed by atoms with E-state index in [1.165, 1.54) is 0 Å². The molecule has 2 rings (SSSR count). The predicted molar refractivity (Wildman–Crippen MR) is 74.3 cm³/mol. The fourth-order valence-electron chi connectivity index (χ4n) is 1.48. The topological polar surface area (TPSA) is 57.1 Å². The van der Waals surface area contributed by atoms with E-state index in [-0.39, 0.29) is 0 Å². The van der Waals surface area contributed by atoms with Gasteiger partial charge in [-0.05, 0) is 24.3 Å². The van der Waals surface area contributed by atoms with Gasteiger partial charge in [0.15, 0.2) is 0 Å². The van der Waals surface area contributed by atoms with Crippen LogP contribution in [0.5, 0.6) is 0 Å². The molecule has 19 heavy (non-hydrogen) atoms. The van der Waals surface area contributed by atoms with Gasteiger partial charge in [0.25, 0.3) is 0 Å². The zero-order chi connectivity index (χ0) is 13.5. The number of rotatable bonds is 3. The first-order valence-electron chi connectivity index (χ1n) is 5.82. The van der Waals surface area contributed by atoms with Gasteiger partial charge in [-0.3, -0.25) is 5.01 Å². The van der Waals surface area contributed by atoms with Crippen LogP contribution >= 0.6 is 0 Å². The maximum atomic E-state index is 11.6. The summed E-state index contributed by atoms with van der Waals surface area (Å²) < 4.78 is 0. The Bertz CT molecular complexity index is 554. The van der Waals surface area contributed by atoms with E-state index in [2.05, 4.69) is 15.7 Å². The van der Waals surface area contributed by atoms with Crippen molar-refractivity contribution in [1.82, 2.24) is 5.43 Å². The fraction of sp³-hybridized carbons (Fsp3) is 0.0714. The van der Waals surface area contributed by atoms with Crippen LogP contribution in [0.15, 0.2) is 70.9 Å². The first-order valence-corrected chi connectivity index (χ1v) is 5.82. The van der Waals surface area contributed by atoms with E-state index in [0.717, 1.165) is 5.69 Å². The van der Waals surface area contributed by atoms with Crippen LogP contribution in [-0.2, 0) is 0 Å². The summed E-state index contributed by atoms with van der Waals surface area (Å²) in [7, 11) is 1.74. The molecule has 2 aromatic rings. The number of nitrogens with one attached hydrogen (secondary N) is 1. The zero-order valence-electron chi connectivity index (χ0n) is 10.5. The number of carbonyl (C=O) groups excluding carboxylic acids is 1. The number of amides is 2. The van der Waals surface area contributed by atoms with E-state index >= 15 is 0 Å². The molecule has 0 heterocycles. The minimum absolute atomic E-state index is 0.518. The third-order valence-corrected chi connectivity index (χ3v) is 2.42. The molecule has 0 saturated carbocycles. The van der Waals surface area contributed by atoms with Gasteiger partial charge in [-0.25, -0.2) is 10.2 Å². The summed E-state index contributed by atoms with van der Waals surface area (Å²) in [5.41, 5.74) is 4.11. The molecular formula is C14H14N4O. The highest BCUT2D eigenvalue weighted by Gasteiger charge is 2.03. The number of hydrazine groups is 1.